The predicted molar refractivity (Wildman–Crippen MR) is 85.3 cm³/mol. The van der Waals surface area contributed by atoms with E-state index < -0.39 is 7.60 Å². The molecule has 1 aromatic carbocycles. The molecule has 1 aliphatic rings. The lowest BCUT2D eigenvalue weighted by Gasteiger charge is -2.26. The molecule has 0 radical (unpaired) electrons. The Morgan fingerprint density at radius 3 is 2.43 bits per heavy atom. The average Bonchev–Trinajstić information content (AvgIpc) is 2.49. The molecular formula is C15H21O4PS. The van der Waals surface area contributed by atoms with Crippen molar-refractivity contribution in [2.75, 3.05) is 13.2 Å². The highest BCUT2D eigenvalue weighted by atomic mass is 32.2. The molecule has 0 saturated heterocycles. The van der Waals surface area contributed by atoms with E-state index in [4.69, 9.17) is 13.8 Å². The summed E-state index contributed by atoms with van der Waals surface area (Å²) in [5.41, 5.74) is 0.0350. The summed E-state index contributed by atoms with van der Waals surface area (Å²) < 4.78 is 29.0. The Labute approximate surface area is 130 Å². The maximum Gasteiger partial charge on any atom is 0.360 e. The molecule has 0 bridgehead atoms. The van der Waals surface area contributed by atoms with Gasteiger partial charge >= 0.3 is 7.60 Å². The summed E-state index contributed by atoms with van der Waals surface area (Å²) in [5.74, 6) is 0. The second-order valence-corrected chi connectivity index (χ2v) is 7.80. The van der Waals surface area contributed by atoms with Crippen LogP contribution in [-0.4, -0.2) is 18.6 Å². The molecule has 21 heavy (non-hydrogen) atoms. The first kappa shape index (κ1) is 16.6. The van der Waals surface area contributed by atoms with Gasteiger partial charge in [-0.15, -0.1) is 0 Å². The monoisotopic (exact) mass is 328 g/mol. The molecule has 0 saturated carbocycles. The van der Waals surface area contributed by atoms with Gasteiger partial charge in [-0.3, -0.25) is 4.57 Å². The van der Waals surface area contributed by atoms with Gasteiger partial charge in [-0.05, 0) is 38.8 Å². The Kier molecular flexibility index (Phi) is 6.37. The molecule has 4 nitrogen and oxygen atoms in total. The number of hydrogen-bond donors (Lipinski definition) is 0. The minimum atomic E-state index is -3.18. The van der Waals surface area contributed by atoms with Gasteiger partial charge in [0.25, 0.3) is 0 Å². The van der Waals surface area contributed by atoms with Gasteiger partial charge in [0.2, 0.25) is 0 Å². The first-order valence-electron chi connectivity index (χ1n) is 7.14. The Hall–Kier alpha value is -0.740. The van der Waals surface area contributed by atoms with Crippen LogP contribution in [0.25, 0.3) is 0 Å². The third-order valence-corrected chi connectivity index (χ3v) is 6.34. The van der Waals surface area contributed by atoms with Crippen LogP contribution in [0.15, 0.2) is 46.8 Å². The Bertz CT molecular complexity index is 508. The van der Waals surface area contributed by atoms with Crippen molar-refractivity contribution in [1.29, 1.82) is 0 Å². The summed E-state index contributed by atoms with van der Waals surface area (Å²) >= 11 is 1.67. The van der Waals surface area contributed by atoms with Crippen molar-refractivity contribution in [3.05, 3.63) is 41.9 Å². The maximum atomic E-state index is 12.6. The van der Waals surface area contributed by atoms with Gasteiger partial charge in [0.15, 0.2) is 0 Å². The number of hydrogen-bond acceptors (Lipinski definition) is 5. The molecular weight excluding hydrogens is 307 g/mol. The summed E-state index contributed by atoms with van der Waals surface area (Å²) in [6.07, 6.45) is 3.02. The summed E-state index contributed by atoms with van der Waals surface area (Å²) in [5, 5.41) is 0.635. The molecule has 1 aliphatic heterocycles. The first-order chi connectivity index (χ1) is 10.2. The topological polar surface area (TPSA) is 44.8 Å². The molecule has 0 aromatic heterocycles. The van der Waals surface area contributed by atoms with Gasteiger partial charge in [-0.2, -0.15) is 0 Å². The van der Waals surface area contributed by atoms with Crippen molar-refractivity contribution in [3.63, 3.8) is 0 Å². The number of rotatable bonds is 7. The normalized spacial score (nSPS) is 19.0. The van der Waals surface area contributed by atoms with E-state index in [2.05, 4.69) is 12.1 Å². The molecule has 1 heterocycles. The van der Waals surface area contributed by atoms with Crippen LogP contribution in [0.4, 0.5) is 0 Å². The minimum absolute atomic E-state index is 0.0350. The van der Waals surface area contributed by atoms with Crippen LogP contribution in [0.2, 0.25) is 0 Å². The molecule has 1 unspecified atom stereocenters. The molecule has 0 fully saturated rings. The lowest BCUT2D eigenvalue weighted by atomic mass is 10.3. The van der Waals surface area contributed by atoms with Crippen LogP contribution in [0.1, 0.15) is 26.7 Å². The second-order valence-electron chi connectivity index (χ2n) is 4.48. The van der Waals surface area contributed by atoms with E-state index in [0.29, 0.717) is 24.9 Å². The number of ether oxygens (including phenoxy) is 1. The molecule has 0 N–H and O–H groups in total. The molecule has 0 amide bonds. The third-order valence-electron chi connectivity index (χ3n) is 2.95. The summed E-state index contributed by atoms with van der Waals surface area (Å²) in [4.78, 5) is 1.16. The van der Waals surface area contributed by atoms with Crippen molar-refractivity contribution in [1.82, 2.24) is 0 Å². The van der Waals surface area contributed by atoms with E-state index in [1.54, 1.807) is 18.0 Å². The fourth-order valence-corrected chi connectivity index (χ4v) is 4.67. The van der Waals surface area contributed by atoms with E-state index in [0.717, 1.165) is 11.3 Å². The maximum absolute atomic E-state index is 12.6. The van der Waals surface area contributed by atoms with E-state index in [1.165, 1.54) is 0 Å². The van der Waals surface area contributed by atoms with Crippen molar-refractivity contribution in [2.24, 2.45) is 0 Å². The van der Waals surface area contributed by atoms with Gasteiger partial charge in [0, 0.05) is 4.90 Å². The average molecular weight is 328 g/mol. The molecule has 0 aliphatic carbocycles. The number of allylic oxidation sites excluding steroid dienone is 1. The van der Waals surface area contributed by atoms with Crippen molar-refractivity contribution in [2.45, 2.75) is 37.0 Å². The highest BCUT2D eigenvalue weighted by molar-refractivity contribution is 7.99. The smallest absolute Gasteiger partial charge is 0.360 e. The van der Waals surface area contributed by atoms with Crippen LogP contribution in [0.5, 0.6) is 0 Å². The van der Waals surface area contributed by atoms with E-state index in [-0.39, 0.29) is 5.44 Å². The Balaban J connectivity index is 1.99. The van der Waals surface area contributed by atoms with Crippen LogP contribution in [-0.2, 0) is 18.3 Å². The molecule has 2 rings (SSSR count). The highest BCUT2D eigenvalue weighted by Gasteiger charge is 2.33. The number of benzene rings is 1. The van der Waals surface area contributed by atoms with Crippen LogP contribution in [0.3, 0.4) is 0 Å². The van der Waals surface area contributed by atoms with Crippen molar-refractivity contribution in [3.8, 4) is 0 Å². The van der Waals surface area contributed by atoms with Crippen LogP contribution >= 0.6 is 19.4 Å². The molecule has 1 atom stereocenters. The molecule has 1 aromatic rings. The van der Waals surface area contributed by atoms with Gasteiger partial charge in [0.05, 0.1) is 24.8 Å². The second kappa shape index (κ2) is 8.04. The number of thioether (sulfide) groups is 1. The molecule has 0 spiro atoms. The quantitative estimate of drug-likeness (QED) is 0.657. The molecule has 6 heteroatoms. The van der Waals surface area contributed by atoms with E-state index >= 15 is 0 Å². The fraction of sp³-hybridized carbons (Fsp3) is 0.467. The Morgan fingerprint density at radius 1 is 1.24 bits per heavy atom. The lowest BCUT2D eigenvalue weighted by Crippen LogP contribution is -2.12. The molecule has 116 valence electrons. The predicted octanol–water partition coefficient (Wildman–Crippen LogP) is 5.02. The van der Waals surface area contributed by atoms with Gasteiger partial charge in [-0.1, -0.05) is 30.0 Å². The van der Waals surface area contributed by atoms with Crippen molar-refractivity contribution >= 4 is 19.4 Å². The van der Waals surface area contributed by atoms with Crippen LogP contribution < -0.4 is 0 Å². The van der Waals surface area contributed by atoms with Crippen molar-refractivity contribution < 1.29 is 18.3 Å². The highest BCUT2D eigenvalue weighted by Crippen LogP contribution is 2.58. The third kappa shape index (κ3) is 4.62. The summed E-state index contributed by atoms with van der Waals surface area (Å²) in [6.45, 7) is 4.33. The minimum Gasteiger partial charge on any atom is -0.486 e. The standard InChI is InChI=1S/C15H21O4PS/c1-3-18-20(16,19-4-2)13-10-11-15(17-12-13)21-14-8-6-5-7-9-14/h5-9,12,15H,3-4,10-11H2,1-2H3. The first-order valence-corrected chi connectivity index (χ1v) is 9.56. The van der Waals surface area contributed by atoms with Gasteiger partial charge < -0.3 is 13.8 Å². The Morgan fingerprint density at radius 2 is 1.90 bits per heavy atom. The zero-order valence-electron chi connectivity index (χ0n) is 12.4. The summed E-state index contributed by atoms with van der Waals surface area (Å²) in [7, 11) is -3.18. The largest absolute Gasteiger partial charge is 0.486 e. The van der Waals surface area contributed by atoms with Gasteiger partial charge in [0.1, 0.15) is 5.44 Å². The van der Waals surface area contributed by atoms with Gasteiger partial charge in [-0.25, -0.2) is 0 Å². The zero-order chi connectivity index (χ0) is 15.1. The van der Waals surface area contributed by atoms with Crippen LogP contribution in [0, 0.1) is 0 Å². The lowest BCUT2D eigenvalue weighted by molar-refractivity contribution is 0.186. The van der Waals surface area contributed by atoms with E-state index in [1.807, 2.05) is 32.0 Å². The van der Waals surface area contributed by atoms with E-state index in [9.17, 15) is 4.57 Å². The summed E-state index contributed by atoms with van der Waals surface area (Å²) in [6, 6.07) is 10.1. The fourth-order valence-electron chi connectivity index (χ4n) is 2.03. The SMILES string of the molecule is CCOP(=O)(OCC)C1=COC(Sc2ccccc2)CC1. The zero-order valence-corrected chi connectivity index (χ0v) is 14.1.